The smallest absolute Gasteiger partial charge is 0.262 e. The second kappa shape index (κ2) is 7.38. The highest BCUT2D eigenvalue weighted by atomic mass is 32.2. The van der Waals surface area contributed by atoms with Crippen LogP contribution in [0, 0.1) is 29.1 Å². The summed E-state index contributed by atoms with van der Waals surface area (Å²) in [5, 5.41) is 0. The van der Waals surface area contributed by atoms with Crippen molar-refractivity contribution in [3.05, 3.63) is 58.9 Å². The molecule has 2 rings (SSSR count). The number of unbranched alkanes of at least 4 members (excludes halogenated alkanes) is 1. The van der Waals surface area contributed by atoms with Crippen molar-refractivity contribution in [2.24, 2.45) is 0 Å². The van der Waals surface area contributed by atoms with E-state index < -0.39 is 44.8 Å². The lowest BCUT2D eigenvalue weighted by Crippen LogP contribution is -2.17. The number of sulfonamides is 1. The molecule has 9 heteroatoms. The van der Waals surface area contributed by atoms with E-state index in [0.29, 0.717) is 0 Å². The normalized spacial score (nSPS) is 11.6. The molecule has 0 heterocycles. The van der Waals surface area contributed by atoms with Crippen LogP contribution in [0.25, 0.3) is 0 Å². The fourth-order valence-corrected chi connectivity index (χ4v) is 3.16. The third-order valence-electron chi connectivity index (χ3n) is 3.50. The number of nitrogens with one attached hydrogen (secondary N) is 1. The molecule has 2 aromatic rings. The Labute approximate surface area is 141 Å². The van der Waals surface area contributed by atoms with Gasteiger partial charge in [-0.15, -0.1) is 0 Å². The number of hydrogen-bond donors (Lipinski definition) is 1. The summed E-state index contributed by atoms with van der Waals surface area (Å²) in [5.41, 5.74) is -0.761. The minimum atomic E-state index is -4.53. The summed E-state index contributed by atoms with van der Waals surface area (Å²) in [6.07, 6.45) is 2.57. The second-order valence-corrected chi connectivity index (χ2v) is 6.98. The first kappa shape index (κ1) is 19.2. The molecule has 0 aliphatic rings. The average Bonchev–Trinajstić information content (AvgIpc) is 2.60. The van der Waals surface area contributed by atoms with E-state index in [9.17, 15) is 30.4 Å². The van der Waals surface area contributed by atoms with Crippen molar-refractivity contribution in [1.29, 1.82) is 0 Å². The zero-order chi connectivity index (χ0) is 18.8. The van der Waals surface area contributed by atoms with E-state index in [1.165, 1.54) is 29.0 Å². The predicted molar refractivity (Wildman–Crippen MR) is 82.1 cm³/mol. The Balaban J connectivity index is 2.37. The van der Waals surface area contributed by atoms with Gasteiger partial charge in [0.2, 0.25) is 5.82 Å². The van der Waals surface area contributed by atoms with Gasteiger partial charge in [0, 0.05) is 0 Å². The third-order valence-corrected chi connectivity index (χ3v) is 4.86. The van der Waals surface area contributed by atoms with E-state index in [2.05, 4.69) is 0 Å². The van der Waals surface area contributed by atoms with E-state index in [4.69, 9.17) is 0 Å². The van der Waals surface area contributed by atoms with E-state index in [0.717, 1.165) is 24.8 Å². The summed E-state index contributed by atoms with van der Waals surface area (Å²) in [7, 11) is -4.53. The number of hydrogen-bond acceptors (Lipinski definition) is 2. The van der Waals surface area contributed by atoms with Crippen LogP contribution in [0.15, 0.2) is 29.2 Å². The van der Waals surface area contributed by atoms with Crippen molar-refractivity contribution in [3.8, 4) is 0 Å². The maximum Gasteiger partial charge on any atom is 0.262 e. The van der Waals surface area contributed by atoms with E-state index >= 15 is 0 Å². The largest absolute Gasteiger partial charge is 0.274 e. The molecular formula is C16H14F5NO2S. The molecule has 0 bridgehead atoms. The molecule has 0 fully saturated rings. The summed E-state index contributed by atoms with van der Waals surface area (Å²) in [4.78, 5) is -0.364. The van der Waals surface area contributed by atoms with Gasteiger partial charge in [-0.3, -0.25) is 4.72 Å². The van der Waals surface area contributed by atoms with Gasteiger partial charge in [0.15, 0.2) is 23.3 Å². The Kier molecular flexibility index (Phi) is 5.66. The molecule has 0 spiro atoms. The Morgan fingerprint density at radius 2 is 1.32 bits per heavy atom. The molecule has 25 heavy (non-hydrogen) atoms. The van der Waals surface area contributed by atoms with Crippen LogP contribution in [0.3, 0.4) is 0 Å². The first-order valence-corrected chi connectivity index (χ1v) is 8.80. The lowest BCUT2D eigenvalue weighted by molar-refractivity contribution is 0.382. The second-order valence-electron chi connectivity index (χ2n) is 5.30. The van der Waals surface area contributed by atoms with Crippen molar-refractivity contribution in [3.63, 3.8) is 0 Å². The number of aryl methyl sites for hydroxylation is 1. The molecule has 0 saturated carbocycles. The summed E-state index contributed by atoms with van der Waals surface area (Å²) < 4.78 is 92.2. The number of anilines is 1. The summed E-state index contributed by atoms with van der Waals surface area (Å²) in [6, 6.07) is 5.42. The van der Waals surface area contributed by atoms with E-state index in [-0.39, 0.29) is 4.90 Å². The molecular weight excluding hydrogens is 365 g/mol. The van der Waals surface area contributed by atoms with Crippen LogP contribution < -0.4 is 4.72 Å². The molecule has 0 aromatic heterocycles. The van der Waals surface area contributed by atoms with Crippen molar-refractivity contribution < 1.29 is 30.4 Å². The van der Waals surface area contributed by atoms with Crippen molar-refractivity contribution in [2.45, 2.75) is 31.1 Å². The molecule has 3 nitrogen and oxygen atoms in total. The fraction of sp³-hybridized carbons (Fsp3) is 0.250. The van der Waals surface area contributed by atoms with Gasteiger partial charge in [-0.05, 0) is 30.5 Å². The molecule has 0 saturated heterocycles. The summed E-state index contributed by atoms with van der Waals surface area (Å²) in [5.74, 6) is -11.3. The SMILES string of the molecule is CCCCc1ccc(S(=O)(=O)Nc2c(F)c(F)c(F)c(F)c2F)cc1. The van der Waals surface area contributed by atoms with Crippen molar-refractivity contribution >= 4 is 15.7 Å². The molecule has 0 radical (unpaired) electrons. The standard InChI is InChI=1S/C16H14F5NO2S/c1-2-3-4-9-5-7-10(8-6-9)25(23,24)22-16-14(20)12(18)11(17)13(19)15(16)21/h5-8,22H,2-4H2,1H3. The van der Waals surface area contributed by atoms with E-state index in [1.807, 2.05) is 6.92 Å². The first-order valence-electron chi connectivity index (χ1n) is 7.32. The van der Waals surface area contributed by atoms with Gasteiger partial charge in [-0.2, -0.15) is 0 Å². The molecule has 0 aliphatic heterocycles. The third kappa shape index (κ3) is 3.92. The Morgan fingerprint density at radius 1 is 0.840 bits per heavy atom. The van der Waals surface area contributed by atoms with Crippen LogP contribution in [0.2, 0.25) is 0 Å². The van der Waals surface area contributed by atoms with Gasteiger partial charge in [-0.1, -0.05) is 25.5 Å². The number of halogens is 5. The molecule has 0 unspecified atom stereocenters. The predicted octanol–water partition coefficient (Wildman–Crippen LogP) is 4.53. The van der Waals surface area contributed by atoms with Crippen LogP contribution in [0.4, 0.5) is 27.6 Å². The molecule has 0 aliphatic carbocycles. The average molecular weight is 379 g/mol. The van der Waals surface area contributed by atoms with Crippen LogP contribution in [0.5, 0.6) is 0 Å². The lowest BCUT2D eigenvalue weighted by Gasteiger charge is -2.12. The maximum absolute atomic E-state index is 13.6. The fourth-order valence-electron chi connectivity index (χ4n) is 2.10. The summed E-state index contributed by atoms with van der Waals surface area (Å²) >= 11 is 0. The zero-order valence-corrected chi connectivity index (χ0v) is 13.9. The van der Waals surface area contributed by atoms with Crippen molar-refractivity contribution in [2.75, 3.05) is 4.72 Å². The van der Waals surface area contributed by atoms with Gasteiger partial charge in [0.25, 0.3) is 10.0 Å². The van der Waals surface area contributed by atoms with Gasteiger partial charge >= 0.3 is 0 Å². The molecule has 2 aromatic carbocycles. The quantitative estimate of drug-likeness (QED) is 0.456. The number of benzene rings is 2. The van der Waals surface area contributed by atoms with Gasteiger partial charge in [-0.25, -0.2) is 30.4 Å². The highest BCUT2D eigenvalue weighted by Gasteiger charge is 2.28. The zero-order valence-electron chi connectivity index (χ0n) is 13.0. The Bertz CT molecular complexity index is 853. The maximum atomic E-state index is 13.6. The molecule has 136 valence electrons. The molecule has 1 N–H and O–H groups in total. The highest BCUT2D eigenvalue weighted by Crippen LogP contribution is 2.29. The topological polar surface area (TPSA) is 46.2 Å². The van der Waals surface area contributed by atoms with Crippen LogP contribution >= 0.6 is 0 Å². The van der Waals surface area contributed by atoms with Crippen LogP contribution in [0.1, 0.15) is 25.3 Å². The lowest BCUT2D eigenvalue weighted by atomic mass is 10.1. The van der Waals surface area contributed by atoms with Gasteiger partial charge < -0.3 is 0 Å². The van der Waals surface area contributed by atoms with Crippen LogP contribution in [-0.4, -0.2) is 8.42 Å². The monoisotopic (exact) mass is 379 g/mol. The number of rotatable bonds is 6. The molecule has 0 atom stereocenters. The molecule has 0 amide bonds. The minimum absolute atomic E-state index is 0.364. The van der Waals surface area contributed by atoms with Gasteiger partial charge in [0.1, 0.15) is 5.69 Å². The van der Waals surface area contributed by atoms with Crippen molar-refractivity contribution in [1.82, 2.24) is 0 Å². The van der Waals surface area contributed by atoms with Gasteiger partial charge in [0.05, 0.1) is 4.90 Å². The minimum Gasteiger partial charge on any atom is -0.274 e. The highest BCUT2D eigenvalue weighted by molar-refractivity contribution is 7.92. The Morgan fingerprint density at radius 3 is 1.80 bits per heavy atom. The first-order chi connectivity index (χ1) is 11.7. The van der Waals surface area contributed by atoms with E-state index in [1.54, 1.807) is 0 Å². The van der Waals surface area contributed by atoms with Crippen LogP contribution in [-0.2, 0) is 16.4 Å². The Hall–Kier alpha value is -2.16. The summed E-state index contributed by atoms with van der Waals surface area (Å²) in [6.45, 7) is 1.99.